The fourth-order valence-corrected chi connectivity index (χ4v) is 2.33. The topological polar surface area (TPSA) is 109 Å². The van der Waals surface area contributed by atoms with E-state index in [9.17, 15) is 9.59 Å². The minimum absolute atomic E-state index is 0.0657. The molecule has 26 heavy (non-hydrogen) atoms. The van der Waals surface area contributed by atoms with E-state index in [-0.39, 0.29) is 30.9 Å². The highest BCUT2D eigenvalue weighted by Gasteiger charge is 2.33. The molecule has 0 bridgehead atoms. The number of carbonyl (C=O) groups is 2. The summed E-state index contributed by atoms with van der Waals surface area (Å²) in [6, 6.07) is 6.36. The Balaban J connectivity index is 2.50. The largest absolute Gasteiger partial charge is 0.371 e. The van der Waals surface area contributed by atoms with Crippen molar-refractivity contribution < 1.29 is 28.5 Å². The van der Waals surface area contributed by atoms with Gasteiger partial charge in [-0.3, -0.25) is 9.59 Å². The molecule has 8 nitrogen and oxygen atoms in total. The monoisotopic (exact) mass is 368 g/mol. The highest BCUT2D eigenvalue weighted by molar-refractivity contribution is 6.06. The number of benzene rings is 1. The summed E-state index contributed by atoms with van der Waals surface area (Å²) in [4.78, 5) is 23.6. The van der Waals surface area contributed by atoms with Crippen molar-refractivity contribution >= 4 is 11.8 Å². The van der Waals surface area contributed by atoms with E-state index in [1.54, 1.807) is 18.2 Å². The van der Waals surface area contributed by atoms with Gasteiger partial charge < -0.3 is 30.0 Å². The third-order valence-electron chi connectivity index (χ3n) is 3.34. The Labute approximate surface area is 153 Å². The SMILES string of the molecule is CCOC(COCCNC(=O)c1ccccc1C(N)=O)(OCC)OCC. The Hall–Kier alpha value is -2.00. The molecule has 1 aromatic carbocycles. The Kier molecular flexibility index (Phi) is 9.82. The van der Waals surface area contributed by atoms with E-state index in [4.69, 9.17) is 24.7 Å². The van der Waals surface area contributed by atoms with Crippen molar-refractivity contribution in [1.82, 2.24) is 5.32 Å². The average molecular weight is 368 g/mol. The summed E-state index contributed by atoms with van der Waals surface area (Å²) >= 11 is 0. The van der Waals surface area contributed by atoms with Crippen LogP contribution in [-0.4, -0.2) is 57.4 Å². The standard InChI is InChI=1S/C18H28N2O6/c1-4-24-18(25-5-2,26-6-3)13-23-12-11-20-17(22)15-10-8-7-9-14(15)16(19)21/h7-10H,4-6,11-13H2,1-3H3,(H2,19,21)(H,20,22). The number of hydrogen-bond donors (Lipinski definition) is 2. The van der Waals surface area contributed by atoms with Gasteiger partial charge in [-0.05, 0) is 32.9 Å². The number of carbonyl (C=O) groups excluding carboxylic acids is 2. The smallest absolute Gasteiger partial charge is 0.307 e. The van der Waals surface area contributed by atoms with E-state index in [1.165, 1.54) is 6.07 Å². The van der Waals surface area contributed by atoms with Gasteiger partial charge in [0.25, 0.3) is 5.91 Å². The van der Waals surface area contributed by atoms with Crippen molar-refractivity contribution in [3.8, 4) is 0 Å². The van der Waals surface area contributed by atoms with Gasteiger partial charge in [-0.15, -0.1) is 0 Å². The number of amides is 2. The number of nitrogens with one attached hydrogen (secondary N) is 1. The summed E-state index contributed by atoms with van der Waals surface area (Å²) < 4.78 is 22.2. The molecule has 0 aliphatic heterocycles. The molecular weight excluding hydrogens is 340 g/mol. The first-order valence-electron chi connectivity index (χ1n) is 8.66. The molecular formula is C18H28N2O6. The van der Waals surface area contributed by atoms with E-state index in [2.05, 4.69) is 5.32 Å². The molecule has 0 unspecified atom stereocenters. The van der Waals surface area contributed by atoms with Crippen LogP contribution in [0.3, 0.4) is 0 Å². The minimum Gasteiger partial charge on any atom is -0.371 e. The van der Waals surface area contributed by atoms with Gasteiger partial charge >= 0.3 is 5.97 Å². The molecule has 8 heteroatoms. The zero-order valence-electron chi connectivity index (χ0n) is 15.6. The third kappa shape index (κ3) is 6.72. The molecule has 0 saturated carbocycles. The lowest BCUT2D eigenvalue weighted by Gasteiger charge is -2.31. The molecule has 0 atom stereocenters. The molecule has 0 aliphatic rings. The number of nitrogens with two attached hydrogens (primary N) is 1. The van der Waals surface area contributed by atoms with Crippen molar-refractivity contribution in [3.63, 3.8) is 0 Å². The lowest BCUT2D eigenvalue weighted by Crippen LogP contribution is -2.44. The lowest BCUT2D eigenvalue weighted by molar-refractivity contribution is -0.391. The quantitative estimate of drug-likeness (QED) is 0.401. The minimum atomic E-state index is -1.25. The summed E-state index contributed by atoms with van der Waals surface area (Å²) in [5, 5.41) is 2.68. The van der Waals surface area contributed by atoms with Crippen LogP contribution < -0.4 is 11.1 Å². The summed E-state index contributed by atoms with van der Waals surface area (Å²) in [7, 11) is 0. The Morgan fingerprint density at radius 2 is 1.54 bits per heavy atom. The molecule has 0 radical (unpaired) electrons. The van der Waals surface area contributed by atoms with Crippen molar-refractivity contribution in [3.05, 3.63) is 35.4 Å². The molecule has 146 valence electrons. The van der Waals surface area contributed by atoms with Gasteiger partial charge in [-0.1, -0.05) is 12.1 Å². The first-order chi connectivity index (χ1) is 12.5. The molecule has 1 rings (SSSR count). The highest BCUT2D eigenvalue weighted by Crippen LogP contribution is 2.16. The predicted molar refractivity (Wildman–Crippen MR) is 95.7 cm³/mol. The van der Waals surface area contributed by atoms with Gasteiger partial charge in [0.1, 0.15) is 6.61 Å². The highest BCUT2D eigenvalue weighted by atomic mass is 16.9. The van der Waals surface area contributed by atoms with Crippen molar-refractivity contribution in [2.24, 2.45) is 5.73 Å². The van der Waals surface area contributed by atoms with Crippen molar-refractivity contribution in [2.75, 3.05) is 39.6 Å². The van der Waals surface area contributed by atoms with Gasteiger partial charge in [0.05, 0.1) is 17.7 Å². The van der Waals surface area contributed by atoms with E-state index < -0.39 is 17.8 Å². The van der Waals surface area contributed by atoms with Crippen LogP contribution in [0.1, 0.15) is 41.5 Å². The number of primary amides is 1. The second-order valence-corrected chi connectivity index (χ2v) is 5.20. The van der Waals surface area contributed by atoms with E-state index in [1.807, 2.05) is 20.8 Å². The zero-order chi connectivity index (χ0) is 19.4. The fraction of sp³-hybridized carbons (Fsp3) is 0.556. The Morgan fingerprint density at radius 1 is 1.00 bits per heavy atom. The molecule has 0 aliphatic carbocycles. The molecule has 3 N–H and O–H groups in total. The van der Waals surface area contributed by atoms with E-state index >= 15 is 0 Å². The molecule has 2 amide bonds. The first kappa shape index (κ1) is 22.0. The summed E-state index contributed by atoms with van der Waals surface area (Å²) in [5.74, 6) is -2.29. The summed E-state index contributed by atoms with van der Waals surface area (Å²) in [5.41, 5.74) is 5.68. The van der Waals surface area contributed by atoms with E-state index in [0.29, 0.717) is 19.8 Å². The van der Waals surface area contributed by atoms with Crippen LogP contribution in [0.2, 0.25) is 0 Å². The van der Waals surface area contributed by atoms with Crippen LogP contribution in [0, 0.1) is 0 Å². The average Bonchev–Trinajstić information content (AvgIpc) is 2.62. The number of ether oxygens (including phenoxy) is 4. The molecule has 0 spiro atoms. The Morgan fingerprint density at radius 3 is 2.04 bits per heavy atom. The van der Waals surface area contributed by atoms with Crippen LogP contribution in [0.5, 0.6) is 0 Å². The molecule has 0 fully saturated rings. The van der Waals surface area contributed by atoms with Gasteiger partial charge in [0, 0.05) is 26.4 Å². The van der Waals surface area contributed by atoms with Gasteiger partial charge in [0.15, 0.2) is 0 Å². The number of hydrogen-bond acceptors (Lipinski definition) is 6. The third-order valence-corrected chi connectivity index (χ3v) is 3.34. The second-order valence-electron chi connectivity index (χ2n) is 5.20. The van der Waals surface area contributed by atoms with Crippen LogP contribution >= 0.6 is 0 Å². The normalized spacial score (nSPS) is 11.3. The molecule has 0 heterocycles. The van der Waals surface area contributed by atoms with Gasteiger partial charge in [0.2, 0.25) is 5.91 Å². The van der Waals surface area contributed by atoms with E-state index in [0.717, 1.165) is 0 Å². The summed E-state index contributed by atoms with van der Waals surface area (Å²) in [6.07, 6.45) is 0. The maximum Gasteiger partial charge on any atom is 0.307 e. The van der Waals surface area contributed by atoms with Crippen molar-refractivity contribution in [2.45, 2.75) is 26.7 Å². The molecule has 0 aromatic heterocycles. The van der Waals surface area contributed by atoms with Crippen LogP contribution in [0.15, 0.2) is 24.3 Å². The number of rotatable bonds is 13. The Bertz CT molecular complexity index is 562. The van der Waals surface area contributed by atoms with Crippen LogP contribution in [0.25, 0.3) is 0 Å². The van der Waals surface area contributed by atoms with Gasteiger partial charge in [-0.25, -0.2) is 0 Å². The maximum atomic E-state index is 12.2. The first-order valence-corrected chi connectivity index (χ1v) is 8.66. The summed E-state index contributed by atoms with van der Waals surface area (Å²) in [6.45, 7) is 7.26. The second kappa shape index (κ2) is 11.6. The maximum absolute atomic E-state index is 12.2. The lowest BCUT2D eigenvalue weighted by atomic mass is 10.1. The zero-order valence-corrected chi connectivity index (χ0v) is 15.6. The van der Waals surface area contributed by atoms with Crippen LogP contribution in [-0.2, 0) is 18.9 Å². The van der Waals surface area contributed by atoms with Gasteiger partial charge in [-0.2, -0.15) is 0 Å². The van der Waals surface area contributed by atoms with Crippen LogP contribution in [0.4, 0.5) is 0 Å². The van der Waals surface area contributed by atoms with Crippen molar-refractivity contribution in [1.29, 1.82) is 0 Å². The predicted octanol–water partition coefficient (Wildman–Crippen LogP) is 1.30. The fourth-order valence-electron chi connectivity index (χ4n) is 2.33. The molecule has 1 aromatic rings. The molecule has 0 saturated heterocycles.